The van der Waals surface area contributed by atoms with Gasteiger partial charge in [0.05, 0.1) is 12.6 Å². The van der Waals surface area contributed by atoms with E-state index in [1.54, 1.807) is 0 Å². The first kappa shape index (κ1) is 13.7. The molecule has 1 aliphatic rings. The van der Waals surface area contributed by atoms with Crippen molar-refractivity contribution < 1.29 is 0 Å². The Morgan fingerprint density at radius 2 is 1.57 bits per heavy atom. The maximum absolute atomic E-state index is 6.18. The molecule has 0 bridgehead atoms. The van der Waals surface area contributed by atoms with Crippen LogP contribution in [-0.2, 0) is 0 Å². The molecular formula is C18H21N3. The number of nitrogens with zero attached hydrogens (tertiary/aromatic N) is 2. The summed E-state index contributed by atoms with van der Waals surface area (Å²) in [7, 11) is 0. The number of anilines is 1. The van der Waals surface area contributed by atoms with Crippen LogP contribution in [0.4, 0.5) is 5.69 Å². The highest BCUT2D eigenvalue weighted by Crippen LogP contribution is 2.35. The number of aryl methyl sites for hydroxylation is 3. The van der Waals surface area contributed by atoms with E-state index in [1.165, 1.54) is 22.3 Å². The topological polar surface area (TPSA) is 41.6 Å². The Hall–Kier alpha value is -2.29. The largest absolute Gasteiger partial charge is 0.369 e. The lowest BCUT2D eigenvalue weighted by molar-refractivity contribution is 0.754. The van der Waals surface area contributed by atoms with Gasteiger partial charge in [-0.1, -0.05) is 36.4 Å². The molecule has 2 aromatic rings. The van der Waals surface area contributed by atoms with Crippen molar-refractivity contribution in [3.63, 3.8) is 0 Å². The van der Waals surface area contributed by atoms with Crippen LogP contribution < -0.4 is 10.6 Å². The van der Waals surface area contributed by atoms with Crippen molar-refractivity contribution in [2.45, 2.75) is 26.8 Å². The Kier molecular flexibility index (Phi) is 3.42. The summed E-state index contributed by atoms with van der Waals surface area (Å²) in [5.74, 6) is 0.608. The van der Waals surface area contributed by atoms with Crippen LogP contribution >= 0.6 is 0 Å². The highest BCUT2D eigenvalue weighted by molar-refractivity contribution is 5.98. The van der Waals surface area contributed by atoms with Crippen molar-refractivity contribution in [2.24, 2.45) is 10.7 Å². The number of benzene rings is 2. The summed E-state index contributed by atoms with van der Waals surface area (Å²) >= 11 is 0. The monoisotopic (exact) mass is 279 g/mol. The van der Waals surface area contributed by atoms with Crippen molar-refractivity contribution in [3.8, 4) is 0 Å². The van der Waals surface area contributed by atoms with Crippen molar-refractivity contribution >= 4 is 11.6 Å². The van der Waals surface area contributed by atoms with Crippen molar-refractivity contribution in [2.75, 3.05) is 11.4 Å². The molecule has 2 aromatic carbocycles. The Bertz CT molecular complexity index is 683. The summed E-state index contributed by atoms with van der Waals surface area (Å²) < 4.78 is 0. The van der Waals surface area contributed by atoms with E-state index >= 15 is 0 Å². The quantitative estimate of drug-likeness (QED) is 0.914. The highest BCUT2D eigenvalue weighted by atomic mass is 15.3. The third-order valence-corrected chi connectivity index (χ3v) is 4.24. The number of rotatable bonds is 2. The van der Waals surface area contributed by atoms with Gasteiger partial charge >= 0.3 is 0 Å². The zero-order valence-electron chi connectivity index (χ0n) is 12.8. The molecule has 0 amide bonds. The Morgan fingerprint density at radius 3 is 2.24 bits per heavy atom. The van der Waals surface area contributed by atoms with Gasteiger partial charge in [0.2, 0.25) is 0 Å². The van der Waals surface area contributed by atoms with Gasteiger partial charge < -0.3 is 10.6 Å². The minimum absolute atomic E-state index is 0.187. The minimum atomic E-state index is 0.187. The van der Waals surface area contributed by atoms with E-state index in [-0.39, 0.29) is 6.04 Å². The van der Waals surface area contributed by atoms with E-state index in [9.17, 15) is 0 Å². The molecule has 0 saturated carbocycles. The second kappa shape index (κ2) is 5.24. The first-order valence-electron chi connectivity index (χ1n) is 7.30. The third kappa shape index (κ3) is 2.29. The first-order chi connectivity index (χ1) is 10.1. The number of para-hydroxylation sites is 1. The van der Waals surface area contributed by atoms with Crippen LogP contribution in [0.2, 0.25) is 0 Å². The van der Waals surface area contributed by atoms with Gasteiger partial charge in [-0.2, -0.15) is 0 Å². The Morgan fingerprint density at radius 1 is 0.952 bits per heavy atom. The first-order valence-corrected chi connectivity index (χ1v) is 7.30. The number of aliphatic imine (C=N–C) groups is 1. The molecule has 108 valence electrons. The van der Waals surface area contributed by atoms with Crippen LogP contribution in [-0.4, -0.2) is 12.5 Å². The fraction of sp³-hybridized carbons (Fsp3) is 0.278. The molecule has 3 nitrogen and oxygen atoms in total. The lowest BCUT2D eigenvalue weighted by atomic mass is 9.95. The minimum Gasteiger partial charge on any atom is -0.369 e. The smallest absolute Gasteiger partial charge is 0.196 e. The molecule has 21 heavy (non-hydrogen) atoms. The van der Waals surface area contributed by atoms with Crippen LogP contribution in [0.5, 0.6) is 0 Å². The molecule has 0 radical (unpaired) electrons. The predicted octanol–water partition coefficient (Wildman–Crippen LogP) is 3.49. The average Bonchev–Trinajstić information content (AvgIpc) is 2.81. The lowest BCUT2D eigenvalue weighted by Crippen LogP contribution is -2.37. The average molecular weight is 279 g/mol. The summed E-state index contributed by atoms with van der Waals surface area (Å²) in [6.45, 7) is 7.15. The number of hydrogen-bond donors (Lipinski definition) is 1. The summed E-state index contributed by atoms with van der Waals surface area (Å²) in [4.78, 5) is 6.67. The van der Waals surface area contributed by atoms with Gasteiger partial charge in [-0.3, -0.25) is 4.99 Å². The van der Waals surface area contributed by atoms with Crippen molar-refractivity contribution in [3.05, 3.63) is 64.7 Å². The van der Waals surface area contributed by atoms with Gasteiger partial charge in [-0.25, -0.2) is 0 Å². The molecule has 3 heteroatoms. The number of guanidine groups is 1. The fourth-order valence-corrected chi connectivity index (χ4v) is 3.20. The lowest BCUT2D eigenvalue weighted by Gasteiger charge is -2.30. The van der Waals surface area contributed by atoms with E-state index in [0.29, 0.717) is 12.5 Å². The second-order valence-corrected chi connectivity index (χ2v) is 5.68. The molecule has 3 rings (SSSR count). The van der Waals surface area contributed by atoms with E-state index in [0.717, 1.165) is 5.69 Å². The predicted molar refractivity (Wildman–Crippen MR) is 88.8 cm³/mol. The van der Waals surface area contributed by atoms with Gasteiger partial charge in [0.25, 0.3) is 0 Å². The molecule has 0 aromatic heterocycles. The fourth-order valence-electron chi connectivity index (χ4n) is 3.20. The van der Waals surface area contributed by atoms with Crippen LogP contribution in [0.25, 0.3) is 0 Å². The summed E-state index contributed by atoms with van der Waals surface area (Å²) in [6.07, 6.45) is 0. The zero-order valence-corrected chi connectivity index (χ0v) is 12.8. The molecule has 0 aliphatic carbocycles. The molecule has 1 aliphatic heterocycles. The summed E-state index contributed by atoms with van der Waals surface area (Å²) in [5.41, 5.74) is 12.5. The van der Waals surface area contributed by atoms with Gasteiger partial charge in [-0.15, -0.1) is 0 Å². The third-order valence-electron chi connectivity index (χ3n) is 4.24. The molecular weight excluding hydrogens is 258 g/mol. The van der Waals surface area contributed by atoms with E-state index < -0.39 is 0 Å². The van der Waals surface area contributed by atoms with Gasteiger partial charge in [0.15, 0.2) is 5.96 Å². The summed E-state index contributed by atoms with van der Waals surface area (Å²) in [6, 6.07) is 14.9. The maximum Gasteiger partial charge on any atom is 0.196 e. The maximum atomic E-state index is 6.18. The molecule has 0 spiro atoms. The van der Waals surface area contributed by atoms with Crippen LogP contribution in [0.15, 0.2) is 47.5 Å². The summed E-state index contributed by atoms with van der Waals surface area (Å²) in [5, 5.41) is 0. The van der Waals surface area contributed by atoms with Gasteiger partial charge in [-0.05, 0) is 49.1 Å². The SMILES string of the molecule is Cc1ccccc1N1C(N)=NCC1c1c(C)cccc1C. The van der Waals surface area contributed by atoms with Crippen LogP contribution in [0.3, 0.4) is 0 Å². The molecule has 1 atom stereocenters. The Labute approximate surface area is 126 Å². The molecule has 2 N–H and O–H groups in total. The molecule has 0 fully saturated rings. The Balaban J connectivity index is 2.10. The van der Waals surface area contributed by atoms with Gasteiger partial charge in [0.1, 0.15) is 0 Å². The number of nitrogens with two attached hydrogens (primary N) is 1. The van der Waals surface area contributed by atoms with E-state index in [1.807, 2.05) is 0 Å². The number of hydrogen-bond acceptors (Lipinski definition) is 3. The van der Waals surface area contributed by atoms with Crippen molar-refractivity contribution in [1.29, 1.82) is 0 Å². The van der Waals surface area contributed by atoms with Crippen LogP contribution in [0.1, 0.15) is 28.3 Å². The molecule has 1 unspecified atom stereocenters. The molecule has 1 heterocycles. The van der Waals surface area contributed by atoms with E-state index in [4.69, 9.17) is 5.73 Å². The normalized spacial score (nSPS) is 18.0. The van der Waals surface area contributed by atoms with Crippen LogP contribution in [0, 0.1) is 20.8 Å². The van der Waals surface area contributed by atoms with Crippen molar-refractivity contribution in [1.82, 2.24) is 0 Å². The molecule has 0 saturated heterocycles. The zero-order chi connectivity index (χ0) is 15.0. The second-order valence-electron chi connectivity index (χ2n) is 5.68. The van der Waals surface area contributed by atoms with Gasteiger partial charge in [0, 0.05) is 5.69 Å². The highest BCUT2D eigenvalue weighted by Gasteiger charge is 2.31. The standard InChI is InChI=1S/C18H21N3/c1-12-7-4-5-10-15(12)21-16(11-20-18(21)19)17-13(2)8-6-9-14(17)3/h4-10,16H,11H2,1-3H3,(H2,19,20). The van der Waals surface area contributed by atoms with E-state index in [2.05, 4.69) is 73.1 Å².